The lowest BCUT2D eigenvalue weighted by molar-refractivity contribution is -0.136. The predicted molar refractivity (Wildman–Crippen MR) is 56.5 cm³/mol. The Hall–Kier alpha value is -0.650. The van der Waals surface area contributed by atoms with Gasteiger partial charge in [-0.3, -0.25) is 4.79 Å². The van der Waals surface area contributed by atoms with Crippen molar-refractivity contribution in [3.8, 4) is 0 Å². The predicted octanol–water partition coefficient (Wildman–Crippen LogP) is -0.937. The van der Waals surface area contributed by atoms with Crippen molar-refractivity contribution in [3.63, 3.8) is 0 Å². The van der Waals surface area contributed by atoms with Crippen LogP contribution in [0.1, 0.15) is 6.42 Å². The van der Waals surface area contributed by atoms with Gasteiger partial charge in [0, 0.05) is 26.7 Å². The van der Waals surface area contributed by atoms with E-state index in [0.717, 1.165) is 19.5 Å². The number of ether oxygens (including phenoxy) is 1. The molecular formula is C10H20N2O3. The van der Waals surface area contributed by atoms with Gasteiger partial charge in [-0.2, -0.15) is 0 Å². The number of nitrogens with zero attached hydrogens (tertiary/aromatic N) is 1. The maximum Gasteiger partial charge on any atom is 0.227 e. The molecule has 0 spiro atoms. The number of rotatable bonds is 6. The highest BCUT2D eigenvalue weighted by Crippen LogP contribution is 2.11. The first kappa shape index (κ1) is 12.4. The number of nitrogens with one attached hydrogen (secondary N) is 1. The van der Waals surface area contributed by atoms with Crippen molar-refractivity contribution in [2.45, 2.75) is 6.42 Å². The second kappa shape index (κ2) is 6.76. The van der Waals surface area contributed by atoms with Crippen LogP contribution >= 0.6 is 0 Å². The molecule has 5 heteroatoms. The summed E-state index contributed by atoms with van der Waals surface area (Å²) in [7, 11) is 1.61. The summed E-state index contributed by atoms with van der Waals surface area (Å²) in [6, 6.07) is 0. The van der Waals surface area contributed by atoms with Gasteiger partial charge in [0.25, 0.3) is 0 Å². The monoisotopic (exact) mass is 216 g/mol. The Morgan fingerprint density at radius 3 is 2.93 bits per heavy atom. The minimum atomic E-state index is 0.00953. The Balaban J connectivity index is 2.41. The zero-order chi connectivity index (χ0) is 11.1. The van der Waals surface area contributed by atoms with Crippen molar-refractivity contribution < 1.29 is 14.6 Å². The maximum atomic E-state index is 12.0. The van der Waals surface area contributed by atoms with Crippen LogP contribution in [-0.2, 0) is 9.53 Å². The summed E-state index contributed by atoms with van der Waals surface area (Å²) < 4.78 is 4.94. The average Bonchev–Trinajstić information content (AvgIpc) is 2.76. The second-order valence-electron chi connectivity index (χ2n) is 3.73. The molecule has 88 valence electrons. The Morgan fingerprint density at radius 2 is 2.40 bits per heavy atom. The van der Waals surface area contributed by atoms with Gasteiger partial charge in [-0.05, 0) is 13.0 Å². The molecule has 0 saturated carbocycles. The standard InChI is InChI=1S/C10H20N2O3/c1-15-7-5-12(4-6-13)10(14)9-2-3-11-8-9/h9,11,13H,2-8H2,1H3. The number of carbonyl (C=O) groups is 1. The zero-order valence-electron chi connectivity index (χ0n) is 9.24. The van der Waals surface area contributed by atoms with Crippen LogP contribution in [0.3, 0.4) is 0 Å². The fourth-order valence-electron chi connectivity index (χ4n) is 1.78. The van der Waals surface area contributed by atoms with Crippen molar-refractivity contribution in [3.05, 3.63) is 0 Å². The Kier molecular flexibility index (Phi) is 5.60. The molecule has 1 amide bonds. The fourth-order valence-corrected chi connectivity index (χ4v) is 1.78. The Labute approximate surface area is 90.4 Å². The summed E-state index contributed by atoms with van der Waals surface area (Å²) in [5.41, 5.74) is 0. The third-order valence-electron chi connectivity index (χ3n) is 2.66. The second-order valence-corrected chi connectivity index (χ2v) is 3.73. The van der Waals surface area contributed by atoms with Gasteiger partial charge >= 0.3 is 0 Å². The van der Waals surface area contributed by atoms with Crippen LogP contribution in [0.15, 0.2) is 0 Å². The van der Waals surface area contributed by atoms with Crippen LogP contribution in [-0.4, -0.2) is 62.4 Å². The summed E-state index contributed by atoms with van der Waals surface area (Å²) in [6.07, 6.45) is 0.897. The van der Waals surface area contributed by atoms with E-state index in [2.05, 4.69) is 5.32 Å². The number of hydrogen-bond donors (Lipinski definition) is 2. The SMILES string of the molecule is COCCN(CCO)C(=O)C1CCNC1. The Bertz CT molecular complexity index is 193. The van der Waals surface area contributed by atoms with Gasteiger partial charge in [0.1, 0.15) is 0 Å². The largest absolute Gasteiger partial charge is 0.395 e. The van der Waals surface area contributed by atoms with Crippen LogP contribution in [0.5, 0.6) is 0 Å². The van der Waals surface area contributed by atoms with Gasteiger partial charge < -0.3 is 20.1 Å². The van der Waals surface area contributed by atoms with E-state index in [1.54, 1.807) is 12.0 Å². The molecule has 1 atom stereocenters. The average molecular weight is 216 g/mol. The highest BCUT2D eigenvalue weighted by Gasteiger charge is 2.26. The summed E-state index contributed by atoms with van der Waals surface area (Å²) in [6.45, 7) is 3.16. The number of aliphatic hydroxyl groups excluding tert-OH is 1. The fraction of sp³-hybridized carbons (Fsp3) is 0.900. The molecule has 1 aliphatic rings. The zero-order valence-corrected chi connectivity index (χ0v) is 9.24. The molecule has 0 radical (unpaired) electrons. The number of hydrogen-bond acceptors (Lipinski definition) is 4. The first-order valence-electron chi connectivity index (χ1n) is 5.39. The van der Waals surface area contributed by atoms with Gasteiger partial charge in [0.15, 0.2) is 0 Å². The third-order valence-corrected chi connectivity index (χ3v) is 2.66. The molecule has 1 unspecified atom stereocenters. The molecule has 0 aromatic carbocycles. The van der Waals surface area contributed by atoms with Gasteiger partial charge in [-0.25, -0.2) is 0 Å². The quantitative estimate of drug-likeness (QED) is 0.602. The molecule has 0 aliphatic carbocycles. The molecule has 1 saturated heterocycles. The molecule has 1 fully saturated rings. The Morgan fingerprint density at radius 1 is 1.60 bits per heavy atom. The molecule has 15 heavy (non-hydrogen) atoms. The summed E-state index contributed by atoms with van der Waals surface area (Å²) >= 11 is 0. The molecule has 1 rings (SSSR count). The van der Waals surface area contributed by atoms with Gasteiger partial charge in [0.2, 0.25) is 5.91 Å². The summed E-state index contributed by atoms with van der Waals surface area (Å²) in [5.74, 6) is 0.208. The molecule has 2 N–H and O–H groups in total. The smallest absolute Gasteiger partial charge is 0.227 e. The highest BCUT2D eigenvalue weighted by molar-refractivity contribution is 5.79. The number of aliphatic hydroxyl groups is 1. The summed E-state index contributed by atoms with van der Waals surface area (Å²) in [5, 5.41) is 12.0. The van der Waals surface area contributed by atoms with Gasteiger partial charge in [0.05, 0.1) is 19.1 Å². The maximum absolute atomic E-state index is 12.0. The highest BCUT2D eigenvalue weighted by atomic mass is 16.5. The van der Waals surface area contributed by atoms with Crippen LogP contribution in [0.4, 0.5) is 0 Å². The van der Waals surface area contributed by atoms with Crippen molar-refractivity contribution in [1.29, 1.82) is 0 Å². The van der Waals surface area contributed by atoms with E-state index in [4.69, 9.17) is 9.84 Å². The van der Waals surface area contributed by atoms with E-state index in [9.17, 15) is 4.79 Å². The lowest BCUT2D eigenvalue weighted by Gasteiger charge is -2.24. The van der Waals surface area contributed by atoms with Crippen molar-refractivity contribution in [2.75, 3.05) is 46.5 Å². The minimum absolute atomic E-state index is 0.00953. The lowest BCUT2D eigenvalue weighted by atomic mass is 10.1. The third kappa shape index (κ3) is 3.77. The topological polar surface area (TPSA) is 61.8 Å². The molecule has 1 aliphatic heterocycles. The number of carbonyl (C=O) groups excluding carboxylic acids is 1. The van der Waals surface area contributed by atoms with Crippen LogP contribution < -0.4 is 5.32 Å². The van der Waals surface area contributed by atoms with Gasteiger partial charge in [-0.15, -0.1) is 0 Å². The lowest BCUT2D eigenvalue weighted by Crippen LogP contribution is -2.40. The van der Waals surface area contributed by atoms with Crippen LogP contribution in [0.2, 0.25) is 0 Å². The van der Waals surface area contributed by atoms with Crippen LogP contribution in [0, 0.1) is 5.92 Å². The molecule has 0 aromatic heterocycles. The van der Waals surface area contributed by atoms with E-state index in [1.165, 1.54) is 0 Å². The molecule has 0 aromatic rings. The van der Waals surface area contributed by atoms with E-state index < -0.39 is 0 Å². The van der Waals surface area contributed by atoms with E-state index >= 15 is 0 Å². The van der Waals surface area contributed by atoms with Crippen molar-refractivity contribution in [1.82, 2.24) is 10.2 Å². The van der Waals surface area contributed by atoms with Gasteiger partial charge in [-0.1, -0.05) is 0 Å². The first-order chi connectivity index (χ1) is 7.29. The first-order valence-corrected chi connectivity index (χ1v) is 5.39. The van der Waals surface area contributed by atoms with Crippen molar-refractivity contribution in [2.24, 2.45) is 5.92 Å². The minimum Gasteiger partial charge on any atom is -0.395 e. The van der Waals surface area contributed by atoms with Crippen molar-refractivity contribution >= 4 is 5.91 Å². The molecular weight excluding hydrogens is 196 g/mol. The molecule has 5 nitrogen and oxygen atoms in total. The van der Waals surface area contributed by atoms with E-state index in [0.29, 0.717) is 19.7 Å². The normalized spacial score (nSPS) is 20.5. The van der Waals surface area contributed by atoms with Crippen LogP contribution in [0.25, 0.3) is 0 Å². The number of amides is 1. The summed E-state index contributed by atoms with van der Waals surface area (Å²) in [4.78, 5) is 13.6. The molecule has 1 heterocycles. The van der Waals surface area contributed by atoms with E-state index in [1.807, 2.05) is 0 Å². The number of methoxy groups -OCH3 is 1. The van der Waals surface area contributed by atoms with E-state index in [-0.39, 0.29) is 18.4 Å². The molecule has 0 bridgehead atoms.